The van der Waals surface area contributed by atoms with Gasteiger partial charge in [0.15, 0.2) is 5.54 Å². The van der Waals surface area contributed by atoms with Crippen LogP contribution in [0.25, 0.3) is 11.0 Å². The fourth-order valence-corrected chi connectivity index (χ4v) is 4.47. The van der Waals surface area contributed by atoms with Crippen LogP contribution < -0.4 is 4.90 Å². The van der Waals surface area contributed by atoms with Crippen molar-refractivity contribution in [3.05, 3.63) is 54.4 Å². The molecule has 3 unspecified atom stereocenters. The van der Waals surface area contributed by atoms with Crippen LogP contribution in [0.1, 0.15) is 16.5 Å². The number of hydrogen-bond acceptors (Lipinski definition) is 5. The number of imidazole rings is 1. The maximum absolute atomic E-state index is 13.5. The first-order valence-corrected chi connectivity index (χ1v) is 8.64. The number of benzene rings is 2. The number of β-lactam (4-membered cyclic amide) rings is 1. The minimum absolute atomic E-state index is 0.0247. The number of aromatic nitrogens is 2. The number of rotatable bonds is 1. The molecule has 3 atom stereocenters. The zero-order valence-corrected chi connectivity index (χ0v) is 14.5. The predicted octanol–water partition coefficient (Wildman–Crippen LogP) is 2.40. The molecule has 2 aliphatic rings. The summed E-state index contributed by atoms with van der Waals surface area (Å²) in [4.78, 5) is 31.8. The van der Waals surface area contributed by atoms with E-state index in [4.69, 9.17) is 11.6 Å². The third kappa shape index (κ3) is 1.68. The van der Waals surface area contributed by atoms with Gasteiger partial charge >= 0.3 is 0 Å². The van der Waals surface area contributed by atoms with E-state index in [1.807, 2.05) is 0 Å². The van der Waals surface area contributed by atoms with Gasteiger partial charge in [-0.2, -0.15) is 5.26 Å². The highest BCUT2D eigenvalue weighted by Crippen LogP contribution is 2.53. The number of carbonyl (C=O) groups excluding carboxylic acids is 2. The number of fused-ring (bicyclic) bond motifs is 3. The average Bonchev–Trinajstić information content (AvgIpc) is 3.17. The van der Waals surface area contributed by atoms with E-state index in [1.165, 1.54) is 33.7 Å². The van der Waals surface area contributed by atoms with E-state index >= 15 is 0 Å². The number of nitrogens with zero attached hydrogens (tertiary/aromatic N) is 4. The maximum Gasteiger partial charge on any atom is 0.262 e. The number of halogens is 1. The molecule has 7 nitrogen and oxygen atoms in total. The summed E-state index contributed by atoms with van der Waals surface area (Å²) in [6.07, 6.45) is 0. The van der Waals surface area contributed by atoms with Gasteiger partial charge in [0.1, 0.15) is 22.9 Å². The number of para-hydroxylation sites is 2. The lowest BCUT2D eigenvalue weighted by Crippen LogP contribution is -2.77. The Morgan fingerprint density at radius 2 is 1.85 bits per heavy atom. The molecule has 1 amide bonds. The highest BCUT2D eigenvalue weighted by Gasteiger charge is 2.73. The molecule has 1 saturated heterocycles. The van der Waals surface area contributed by atoms with Crippen LogP contribution in [0.4, 0.5) is 5.69 Å². The quantitative estimate of drug-likeness (QED) is 0.517. The summed E-state index contributed by atoms with van der Waals surface area (Å²) in [6.45, 7) is 0. The molecule has 27 heavy (non-hydrogen) atoms. The van der Waals surface area contributed by atoms with Crippen molar-refractivity contribution in [2.45, 2.75) is 16.8 Å². The summed E-state index contributed by atoms with van der Waals surface area (Å²) < 4.78 is 1.39. The van der Waals surface area contributed by atoms with Gasteiger partial charge in [-0.3, -0.25) is 19.1 Å². The molecule has 0 bridgehead atoms. The summed E-state index contributed by atoms with van der Waals surface area (Å²) in [5, 5.41) is 18.2. The van der Waals surface area contributed by atoms with Crippen LogP contribution in [0, 0.1) is 11.3 Å². The van der Waals surface area contributed by atoms with Crippen molar-refractivity contribution < 1.29 is 14.7 Å². The van der Waals surface area contributed by atoms with Gasteiger partial charge in [-0.15, -0.1) is 11.6 Å². The molecule has 132 valence electrons. The van der Waals surface area contributed by atoms with E-state index in [9.17, 15) is 20.0 Å². The van der Waals surface area contributed by atoms with Crippen molar-refractivity contribution in [1.29, 1.82) is 5.26 Å². The molecule has 0 aliphatic carbocycles. The summed E-state index contributed by atoms with van der Waals surface area (Å²) >= 11 is 6.35. The molecule has 0 saturated carbocycles. The second-order valence-corrected chi connectivity index (χ2v) is 6.98. The lowest BCUT2D eigenvalue weighted by Gasteiger charge is -2.52. The smallest absolute Gasteiger partial charge is 0.262 e. The van der Waals surface area contributed by atoms with Crippen molar-refractivity contribution in [3.8, 4) is 11.8 Å². The van der Waals surface area contributed by atoms with Crippen molar-refractivity contribution in [2.75, 3.05) is 4.90 Å². The number of hydrogen-bond donors (Lipinski definition) is 1. The van der Waals surface area contributed by atoms with Gasteiger partial charge in [0.2, 0.25) is 5.91 Å². The molecule has 1 aromatic heterocycles. The number of nitriles is 1. The summed E-state index contributed by atoms with van der Waals surface area (Å²) in [6, 6.07) is 15.1. The SMILES string of the molecule is N#CC1c2nc3ccccc3n2C(=O)C12C(Cl)C(=O)N2c1ccc(O)cc1. The molecule has 0 radical (unpaired) electrons. The van der Waals surface area contributed by atoms with Gasteiger partial charge in [-0.05, 0) is 36.4 Å². The molecule has 2 aliphatic heterocycles. The molecule has 2 aromatic carbocycles. The van der Waals surface area contributed by atoms with Gasteiger partial charge in [-0.1, -0.05) is 12.1 Å². The Morgan fingerprint density at radius 3 is 2.56 bits per heavy atom. The van der Waals surface area contributed by atoms with Gasteiger partial charge < -0.3 is 5.11 Å². The van der Waals surface area contributed by atoms with Gasteiger partial charge in [0.25, 0.3) is 5.91 Å². The molecular weight excluding hydrogens is 368 g/mol. The van der Waals surface area contributed by atoms with Crippen LogP contribution in [0.5, 0.6) is 5.75 Å². The van der Waals surface area contributed by atoms with Crippen LogP contribution in [-0.4, -0.2) is 37.4 Å². The van der Waals surface area contributed by atoms with Crippen molar-refractivity contribution in [3.63, 3.8) is 0 Å². The molecule has 3 aromatic rings. The van der Waals surface area contributed by atoms with Gasteiger partial charge in [0.05, 0.1) is 17.1 Å². The molecule has 3 heterocycles. The van der Waals surface area contributed by atoms with E-state index in [1.54, 1.807) is 24.3 Å². The third-order valence-electron chi connectivity index (χ3n) is 5.26. The van der Waals surface area contributed by atoms with Crippen molar-refractivity contribution >= 4 is 40.1 Å². The zero-order valence-electron chi connectivity index (χ0n) is 13.7. The molecular formula is C19H11ClN4O3. The Morgan fingerprint density at radius 1 is 1.15 bits per heavy atom. The summed E-state index contributed by atoms with van der Waals surface area (Å²) in [5.74, 6) is -1.62. The number of alkyl halides is 1. The largest absolute Gasteiger partial charge is 0.508 e. The van der Waals surface area contributed by atoms with E-state index in [0.717, 1.165) is 0 Å². The number of anilines is 1. The van der Waals surface area contributed by atoms with Crippen LogP contribution in [0.3, 0.4) is 0 Å². The lowest BCUT2D eigenvalue weighted by atomic mass is 9.73. The minimum Gasteiger partial charge on any atom is -0.508 e. The standard InChI is InChI=1S/C19H11ClN4O3/c20-15-17(26)24(10-5-7-11(25)8-6-10)19(15)12(9-21)16-22-13-3-1-2-4-14(13)23(16)18(19)27/h1-8,12,15,25H. The summed E-state index contributed by atoms with van der Waals surface area (Å²) in [5.41, 5.74) is 0.00209. The van der Waals surface area contributed by atoms with Crippen molar-refractivity contribution in [2.24, 2.45) is 0 Å². The van der Waals surface area contributed by atoms with E-state index in [2.05, 4.69) is 11.1 Å². The minimum atomic E-state index is -1.56. The Bertz CT molecular complexity index is 1180. The van der Waals surface area contributed by atoms with E-state index < -0.39 is 28.6 Å². The third-order valence-corrected chi connectivity index (χ3v) is 5.78. The average molecular weight is 379 g/mol. The Kier molecular flexibility index (Phi) is 2.99. The van der Waals surface area contributed by atoms with Crippen molar-refractivity contribution in [1.82, 2.24) is 9.55 Å². The first-order valence-electron chi connectivity index (χ1n) is 8.20. The molecule has 8 heteroatoms. The second-order valence-electron chi connectivity index (χ2n) is 6.54. The first kappa shape index (κ1) is 15.9. The Balaban J connectivity index is 1.75. The lowest BCUT2D eigenvalue weighted by molar-refractivity contribution is -0.125. The number of phenolic OH excluding ortho intramolecular Hbond substituents is 1. The second kappa shape index (κ2) is 5.09. The fraction of sp³-hybridized carbons (Fsp3) is 0.158. The molecule has 1 spiro atoms. The highest BCUT2D eigenvalue weighted by atomic mass is 35.5. The predicted molar refractivity (Wildman–Crippen MR) is 96.7 cm³/mol. The number of phenols is 1. The van der Waals surface area contributed by atoms with Gasteiger partial charge in [-0.25, -0.2) is 4.98 Å². The Hall–Kier alpha value is -3.37. The normalized spacial score (nSPS) is 26.3. The maximum atomic E-state index is 13.5. The highest BCUT2D eigenvalue weighted by molar-refractivity contribution is 6.42. The number of carbonyl (C=O) groups is 2. The fourth-order valence-electron chi connectivity index (χ4n) is 4.06. The Labute approximate surface area is 158 Å². The summed E-state index contributed by atoms with van der Waals surface area (Å²) in [7, 11) is 0. The number of amides is 1. The molecule has 1 N–H and O–H groups in total. The monoisotopic (exact) mass is 378 g/mol. The van der Waals surface area contributed by atoms with Crippen LogP contribution in [-0.2, 0) is 4.79 Å². The number of aromatic hydroxyl groups is 1. The van der Waals surface area contributed by atoms with Crippen LogP contribution in [0.2, 0.25) is 0 Å². The molecule has 5 rings (SSSR count). The van der Waals surface area contributed by atoms with E-state index in [0.29, 0.717) is 16.7 Å². The van der Waals surface area contributed by atoms with E-state index in [-0.39, 0.29) is 11.6 Å². The first-order chi connectivity index (χ1) is 13.0. The van der Waals surface area contributed by atoms with Crippen LogP contribution >= 0.6 is 11.6 Å². The van der Waals surface area contributed by atoms with Gasteiger partial charge in [0, 0.05) is 5.69 Å². The molecule has 1 fully saturated rings. The topological polar surface area (TPSA) is 99.2 Å². The zero-order chi connectivity index (χ0) is 18.9. The van der Waals surface area contributed by atoms with Crippen LogP contribution in [0.15, 0.2) is 48.5 Å².